The Morgan fingerprint density at radius 2 is 1.85 bits per heavy atom. The van der Waals surface area contributed by atoms with Crippen LogP contribution >= 0.6 is 0 Å². The van der Waals surface area contributed by atoms with Gasteiger partial charge in [-0.15, -0.1) is 0 Å². The minimum Gasteiger partial charge on any atom is -0.478 e. The number of hydrogen-bond donors (Lipinski definition) is 1. The Hall–Kier alpha value is -1.31. The lowest BCUT2D eigenvalue weighted by molar-refractivity contribution is -0.132. The molecule has 0 amide bonds. The first-order valence-corrected chi connectivity index (χ1v) is 4.23. The van der Waals surface area contributed by atoms with Gasteiger partial charge in [0.2, 0.25) is 0 Å². The molecule has 2 nitrogen and oxygen atoms in total. The summed E-state index contributed by atoms with van der Waals surface area (Å²) in [5.74, 6) is -0.816. The molecule has 0 bridgehead atoms. The molecule has 0 heterocycles. The van der Waals surface area contributed by atoms with Crippen LogP contribution in [0.1, 0.15) is 26.7 Å². The van der Waals surface area contributed by atoms with Crippen LogP contribution in [0.5, 0.6) is 0 Å². The Morgan fingerprint density at radius 1 is 1.38 bits per heavy atom. The number of carboxylic acids is 1. The molecule has 0 saturated carbocycles. The third-order valence-electron chi connectivity index (χ3n) is 1.24. The second-order valence-corrected chi connectivity index (χ2v) is 2.45. The number of carboxylic acid groups (broad SMARTS) is 1. The molecule has 74 valence electrons. The molecule has 0 rings (SSSR count). The lowest BCUT2D eigenvalue weighted by Gasteiger charge is -1.89. The number of carbonyl (C=O) groups is 1. The van der Waals surface area contributed by atoms with Crippen LogP contribution in [0.4, 0.5) is 0 Å². The van der Waals surface area contributed by atoms with E-state index in [9.17, 15) is 4.79 Å². The van der Waals surface area contributed by atoms with E-state index in [4.69, 9.17) is 5.11 Å². The van der Waals surface area contributed by atoms with Crippen LogP contribution in [0.3, 0.4) is 0 Å². The van der Waals surface area contributed by atoms with Gasteiger partial charge in [0.05, 0.1) is 0 Å². The van der Waals surface area contributed by atoms with Crippen LogP contribution in [-0.4, -0.2) is 11.1 Å². The van der Waals surface area contributed by atoms with Crippen molar-refractivity contribution in [1.29, 1.82) is 0 Å². The van der Waals surface area contributed by atoms with Crippen LogP contribution in [0.2, 0.25) is 0 Å². The molecule has 0 aromatic carbocycles. The van der Waals surface area contributed by atoms with Crippen molar-refractivity contribution in [3.8, 4) is 0 Å². The predicted molar refractivity (Wildman–Crippen MR) is 56.7 cm³/mol. The molecule has 0 spiro atoms. The van der Waals surface area contributed by atoms with Gasteiger partial charge in [-0.1, -0.05) is 44.7 Å². The quantitative estimate of drug-likeness (QED) is 0.535. The number of allylic oxidation sites excluding steroid dienone is 3. The molecule has 2 heteroatoms. The van der Waals surface area contributed by atoms with Gasteiger partial charge in [-0.05, 0) is 13.3 Å². The van der Waals surface area contributed by atoms with Gasteiger partial charge in [-0.2, -0.15) is 0 Å². The highest BCUT2D eigenvalue weighted by Gasteiger charge is 1.95. The lowest BCUT2D eigenvalue weighted by atomic mass is 10.2. The van der Waals surface area contributed by atoms with Crippen LogP contribution in [0.15, 0.2) is 37.0 Å². The predicted octanol–water partition coefficient (Wildman–Crippen LogP) is 3.18. The third kappa shape index (κ3) is 13.7. The number of unbranched alkanes of at least 4 members (excludes halogenated alkanes) is 1. The normalized spacial score (nSPS) is 9.54. The summed E-state index contributed by atoms with van der Waals surface area (Å²) < 4.78 is 0. The van der Waals surface area contributed by atoms with Crippen molar-refractivity contribution >= 4 is 5.97 Å². The fraction of sp³-hybridized carbons (Fsp3) is 0.364. The van der Waals surface area contributed by atoms with Crippen molar-refractivity contribution in [3.63, 3.8) is 0 Å². The molecule has 0 aromatic heterocycles. The van der Waals surface area contributed by atoms with E-state index in [0.717, 1.165) is 12.8 Å². The van der Waals surface area contributed by atoms with Crippen LogP contribution in [-0.2, 0) is 4.79 Å². The summed E-state index contributed by atoms with van der Waals surface area (Å²) in [5.41, 5.74) is 0.442. The fourth-order valence-electron chi connectivity index (χ4n) is 0.448. The molecule has 0 aliphatic rings. The summed E-state index contributed by atoms with van der Waals surface area (Å²) in [6.45, 7) is 10.4. The van der Waals surface area contributed by atoms with E-state index >= 15 is 0 Å². The Bertz CT molecular complexity index is 184. The summed E-state index contributed by atoms with van der Waals surface area (Å²) in [6, 6.07) is 0. The van der Waals surface area contributed by atoms with Gasteiger partial charge in [-0.25, -0.2) is 4.79 Å². The van der Waals surface area contributed by atoms with E-state index in [-0.39, 0.29) is 0 Å². The first-order chi connectivity index (χ1) is 6.09. The fourth-order valence-corrected chi connectivity index (χ4v) is 0.448. The Labute approximate surface area is 80.3 Å². The van der Waals surface area contributed by atoms with Crippen molar-refractivity contribution < 1.29 is 9.90 Å². The van der Waals surface area contributed by atoms with E-state index < -0.39 is 5.97 Å². The maximum absolute atomic E-state index is 10.1. The zero-order chi connectivity index (χ0) is 10.7. The average molecular weight is 182 g/mol. The average Bonchev–Trinajstić information content (AvgIpc) is 2.14. The summed E-state index contributed by atoms with van der Waals surface area (Å²) in [4.78, 5) is 10.1. The van der Waals surface area contributed by atoms with E-state index in [1.165, 1.54) is 0 Å². The highest BCUT2D eigenvalue weighted by molar-refractivity contribution is 5.85. The van der Waals surface area contributed by atoms with Crippen molar-refractivity contribution in [2.24, 2.45) is 0 Å². The van der Waals surface area contributed by atoms with Crippen molar-refractivity contribution in [2.45, 2.75) is 26.7 Å². The summed E-state index contributed by atoms with van der Waals surface area (Å²) in [6.07, 6.45) is 6.88. The minimum absolute atomic E-state index is 0.442. The largest absolute Gasteiger partial charge is 0.478 e. The Balaban J connectivity index is 0. The first-order valence-electron chi connectivity index (χ1n) is 4.23. The van der Waals surface area contributed by atoms with Crippen LogP contribution in [0.25, 0.3) is 0 Å². The molecule has 0 aliphatic carbocycles. The zero-order valence-electron chi connectivity index (χ0n) is 8.42. The van der Waals surface area contributed by atoms with Gasteiger partial charge in [-0.3, -0.25) is 0 Å². The van der Waals surface area contributed by atoms with Gasteiger partial charge in [0.25, 0.3) is 0 Å². The molecule has 0 atom stereocenters. The van der Waals surface area contributed by atoms with Gasteiger partial charge in [0.1, 0.15) is 0 Å². The molecule has 0 fully saturated rings. The van der Waals surface area contributed by atoms with Gasteiger partial charge in [0.15, 0.2) is 0 Å². The monoisotopic (exact) mass is 182 g/mol. The molecule has 1 N–H and O–H groups in total. The van der Waals surface area contributed by atoms with Crippen molar-refractivity contribution in [1.82, 2.24) is 0 Å². The smallest absolute Gasteiger partial charge is 0.330 e. The first kappa shape index (κ1) is 14.2. The molecule has 0 unspecified atom stereocenters. The second kappa shape index (κ2) is 10.7. The lowest BCUT2D eigenvalue weighted by Crippen LogP contribution is -1.95. The van der Waals surface area contributed by atoms with E-state index in [0.29, 0.717) is 5.57 Å². The van der Waals surface area contributed by atoms with Crippen molar-refractivity contribution in [3.05, 3.63) is 37.0 Å². The van der Waals surface area contributed by atoms with Gasteiger partial charge in [0, 0.05) is 5.57 Å². The zero-order valence-corrected chi connectivity index (χ0v) is 8.42. The highest BCUT2D eigenvalue weighted by Crippen LogP contribution is 1.96. The molecular formula is C11H18O2. The topological polar surface area (TPSA) is 37.3 Å². The summed E-state index contributed by atoms with van der Waals surface area (Å²) in [7, 11) is 0. The maximum atomic E-state index is 10.1. The minimum atomic E-state index is -0.816. The van der Waals surface area contributed by atoms with E-state index in [1.54, 1.807) is 25.2 Å². The highest BCUT2D eigenvalue weighted by atomic mass is 16.4. The molecule has 0 radical (unpaired) electrons. The Morgan fingerprint density at radius 3 is 2.08 bits per heavy atom. The summed E-state index contributed by atoms with van der Waals surface area (Å²) >= 11 is 0. The van der Waals surface area contributed by atoms with Crippen LogP contribution < -0.4 is 0 Å². The van der Waals surface area contributed by atoms with Gasteiger partial charge >= 0.3 is 5.97 Å². The van der Waals surface area contributed by atoms with E-state index in [1.807, 2.05) is 6.92 Å². The molecule has 13 heavy (non-hydrogen) atoms. The SMILES string of the molecule is C=CC=C.CCCC=C(C)C(=O)O. The standard InChI is InChI=1S/C7H12O2.C4H6/c1-3-4-5-6(2)7(8)9;1-3-4-2/h5H,3-4H2,1-2H3,(H,8,9);3-4H,1-2H2. The Kier molecular flexibility index (Phi) is 11.7. The molecule has 0 saturated heterocycles. The molecule has 0 aromatic rings. The maximum Gasteiger partial charge on any atom is 0.330 e. The second-order valence-electron chi connectivity index (χ2n) is 2.45. The van der Waals surface area contributed by atoms with Gasteiger partial charge < -0.3 is 5.11 Å². The van der Waals surface area contributed by atoms with Crippen LogP contribution in [0, 0.1) is 0 Å². The number of hydrogen-bond acceptors (Lipinski definition) is 1. The number of rotatable bonds is 4. The van der Waals surface area contributed by atoms with E-state index in [2.05, 4.69) is 13.2 Å². The number of aliphatic carboxylic acids is 1. The molecule has 0 aliphatic heterocycles. The summed E-state index contributed by atoms with van der Waals surface area (Å²) in [5, 5.41) is 8.34. The molecular weight excluding hydrogens is 164 g/mol. The van der Waals surface area contributed by atoms with Crippen molar-refractivity contribution in [2.75, 3.05) is 0 Å². The third-order valence-corrected chi connectivity index (χ3v) is 1.24.